The third-order valence-corrected chi connectivity index (χ3v) is 8.80. The van der Waals surface area contributed by atoms with Crippen LogP contribution in [0, 0.1) is 0 Å². The van der Waals surface area contributed by atoms with Gasteiger partial charge < -0.3 is 9.30 Å². The van der Waals surface area contributed by atoms with Crippen molar-refractivity contribution in [2.75, 3.05) is 13.7 Å². The lowest BCUT2D eigenvalue weighted by Crippen LogP contribution is -2.30. The molecule has 0 unspecified atom stereocenters. The van der Waals surface area contributed by atoms with Crippen molar-refractivity contribution in [3.63, 3.8) is 0 Å². The molecule has 0 saturated heterocycles. The first kappa shape index (κ1) is 25.8. The number of sulfonamides is 1. The minimum absolute atomic E-state index is 0.143. The van der Waals surface area contributed by atoms with Crippen LogP contribution in [0.2, 0.25) is 0 Å². The van der Waals surface area contributed by atoms with E-state index in [4.69, 9.17) is 4.74 Å². The summed E-state index contributed by atoms with van der Waals surface area (Å²) in [5, 5.41) is 0. The number of carbonyl (C=O) groups is 1. The van der Waals surface area contributed by atoms with Gasteiger partial charge in [-0.2, -0.15) is 9.30 Å². The predicted octanol–water partition coefficient (Wildman–Crippen LogP) is 5.07. The summed E-state index contributed by atoms with van der Waals surface area (Å²) in [6.07, 6.45) is 0.870. The van der Waals surface area contributed by atoms with Crippen molar-refractivity contribution < 1.29 is 17.9 Å². The fourth-order valence-corrected chi connectivity index (χ4v) is 6.51. The third-order valence-electron chi connectivity index (χ3n) is 5.82. The summed E-state index contributed by atoms with van der Waals surface area (Å²) in [5.74, 6) is 0.308. The molecule has 7 nitrogen and oxygen atoms in total. The zero-order valence-electron chi connectivity index (χ0n) is 20.5. The Morgan fingerprint density at radius 2 is 1.72 bits per heavy atom. The van der Waals surface area contributed by atoms with E-state index in [1.54, 1.807) is 7.11 Å². The molecule has 0 saturated carbocycles. The molecule has 0 fully saturated rings. The molecule has 36 heavy (non-hydrogen) atoms. The van der Waals surface area contributed by atoms with E-state index in [1.165, 1.54) is 39.9 Å². The van der Waals surface area contributed by atoms with Crippen molar-refractivity contribution in [2.45, 2.75) is 38.3 Å². The second kappa shape index (κ2) is 11.2. The molecule has 4 aromatic rings. The summed E-state index contributed by atoms with van der Waals surface area (Å²) in [7, 11) is -2.09. The summed E-state index contributed by atoms with van der Waals surface area (Å²) < 4.78 is 36.4. The molecule has 0 atom stereocenters. The number of aryl methyl sites for hydroxylation is 1. The average molecular weight is 524 g/mol. The van der Waals surface area contributed by atoms with Gasteiger partial charge in [-0.05, 0) is 48.4 Å². The van der Waals surface area contributed by atoms with Crippen LogP contribution in [0.1, 0.15) is 36.2 Å². The first-order chi connectivity index (χ1) is 17.4. The molecule has 3 aromatic carbocycles. The number of nitrogens with zero attached hydrogens (tertiary/aromatic N) is 3. The Kier molecular flexibility index (Phi) is 8.03. The first-order valence-electron chi connectivity index (χ1n) is 11.8. The highest BCUT2D eigenvalue weighted by Gasteiger charge is 2.23. The Bertz CT molecular complexity index is 1520. The highest BCUT2D eigenvalue weighted by molar-refractivity contribution is 7.89. The number of aromatic nitrogens is 1. The van der Waals surface area contributed by atoms with Crippen LogP contribution in [0.3, 0.4) is 0 Å². The van der Waals surface area contributed by atoms with E-state index in [0.29, 0.717) is 23.5 Å². The van der Waals surface area contributed by atoms with Gasteiger partial charge in [-0.3, -0.25) is 4.79 Å². The van der Waals surface area contributed by atoms with E-state index in [0.717, 1.165) is 28.0 Å². The minimum Gasteiger partial charge on any atom is -0.495 e. The van der Waals surface area contributed by atoms with E-state index in [9.17, 15) is 13.2 Å². The van der Waals surface area contributed by atoms with Crippen LogP contribution in [0.15, 0.2) is 82.7 Å². The summed E-state index contributed by atoms with van der Waals surface area (Å²) in [6.45, 7) is 5.18. The van der Waals surface area contributed by atoms with Gasteiger partial charge in [0.05, 0.1) is 16.7 Å². The van der Waals surface area contributed by atoms with Crippen molar-refractivity contribution >= 4 is 37.5 Å². The molecule has 1 amide bonds. The molecule has 0 aliphatic carbocycles. The van der Waals surface area contributed by atoms with Crippen molar-refractivity contribution in [3.8, 4) is 5.75 Å². The lowest BCUT2D eigenvalue weighted by Gasteiger charge is -2.20. The third kappa shape index (κ3) is 5.28. The van der Waals surface area contributed by atoms with Crippen LogP contribution in [0.4, 0.5) is 0 Å². The monoisotopic (exact) mass is 523 g/mol. The molecule has 1 heterocycles. The molecule has 0 radical (unpaired) electrons. The number of thiazole rings is 1. The molecule has 1 aromatic heterocycles. The Balaban J connectivity index is 1.64. The van der Waals surface area contributed by atoms with Crippen molar-refractivity contribution in [1.82, 2.24) is 8.87 Å². The van der Waals surface area contributed by atoms with Crippen LogP contribution in [0.25, 0.3) is 10.2 Å². The highest BCUT2D eigenvalue weighted by atomic mass is 32.2. The van der Waals surface area contributed by atoms with Crippen molar-refractivity contribution in [3.05, 3.63) is 88.7 Å². The van der Waals surface area contributed by atoms with Gasteiger partial charge >= 0.3 is 0 Å². The predicted molar refractivity (Wildman–Crippen MR) is 143 cm³/mol. The quantitative estimate of drug-likeness (QED) is 0.307. The van der Waals surface area contributed by atoms with E-state index in [1.807, 2.05) is 60.0 Å². The number of hydrogen-bond donors (Lipinski definition) is 0. The standard InChI is InChI=1S/C27H29N3O4S2/c1-4-18-30-25-23(34-3)12-9-13-24(25)35-27(30)28-26(31)21-14-16-22(17-15-21)36(32,33)29(5-2)19-20-10-7-6-8-11-20/h6-17H,4-5,18-19H2,1-3H3. The highest BCUT2D eigenvalue weighted by Crippen LogP contribution is 2.27. The van der Waals surface area contributed by atoms with Gasteiger partial charge in [-0.25, -0.2) is 8.42 Å². The normalized spacial score (nSPS) is 12.4. The van der Waals surface area contributed by atoms with Crippen LogP contribution in [0.5, 0.6) is 5.75 Å². The van der Waals surface area contributed by atoms with E-state index >= 15 is 0 Å². The van der Waals surface area contributed by atoms with Crippen molar-refractivity contribution in [2.24, 2.45) is 4.99 Å². The number of benzene rings is 3. The molecule has 0 N–H and O–H groups in total. The first-order valence-corrected chi connectivity index (χ1v) is 14.0. The largest absolute Gasteiger partial charge is 0.495 e. The van der Waals surface area contributed by atoms with E-state index in [2.05, 4.69) is 11.9 Å². The second-order valence-corrected chi connectivity index (χ2v) is 11.1. The average Bonchev–Trinajstić information content (AvgIpc) is 3.25. The zero-order valence-corrected chi connectivity index (χ0v) is 22.2. The summed E-state index contributed by atoms with van der Waals surface area (Å²) in [4.78, 5) is 18.1. The number of rotatable bonds is 9. The van der Waals surface area contributed by atoms with Crippen LogP contribution < -0.4 is 9.54 Å². The molecular formula is C27H29N3O4S2. The zero-order chi connectivity index (χ0) is 25.7. The molecule has 0 aliphatic heterocycles. The molecule has 0 aliphatic rings. The Hall–Kier alpha value is -3.27. The van der Waals surface area contributed by atoms with Crippen molar-refractivity contribution in [1.29, 1.82) is 0 Å². The van der Waals surface area contributed by atoms with Gasteiger partial charge in [0.1, 0.15) is 11.3 Å². The number of fused-ring (bicyclic) bond motifs is 1. The molecule has 0 bridgehead atoms. The Morgan fingerprint density at radius 3 is 2.36 bits per heavy atom. The van der Waals surface area contributed by atoms with Gasteiger partial charge in [0.15, 0.2) is 4.80 Å². The molecule has 188 valence electrons. The van der Waals surface area contributed by atoms with Crippen LogP contribution in [-0.2, 0) is 23.1 Å². The molecular weight excluding hydrogens is 494 g/mol. The number of ether oxygens (including phenoxy) is 1. The maximum atomic E-state index is 13.2. The fourth-order valence-electron chi connectivity index (χ4n) is 4.00. The lowest BCUT2D eigenvalue weighted by atomic mass is 10.2. The summed E-state index contributed by atoms with van der Waals surface area (Å²) in [6, 6.07) is 21.2. The number of hydrogen-bond acceptors (Lipinski definition) is 5. The summed E-state index contributed by atoms with van der Waals surface area (Å²) in [5.41, 5.74) is 2.15. The topological polar surface area (TPSA) is 81.0 Å². The van der Waals surface area contributed by atoms with Gasteiger partial charge in [0.25, 0.3) is 5.91 Å². The van der Waals surface area contributed by atoms with Gasteiger partial charge in [0, 0.05) is 25.2 Å². The smallest absolute Gasteiger partial charge is 0.279 e. The number of carbonyl (C=O) groups excluding carboxylic acids is 1. The molecule has 4 rings (SSSR count). The minimum atomic E-state index is -3.71. The number of methoxy groups -OCH3 is 1. The number of para-hydroxylation sites is 1. The maximum Gasteiger partial charge on any atom is 0.279 e. The second-order valence-electron chi connectivity index (χ2n) is 8.20. The fraction of sp³-hybridized carbons (Fsp3) is 0.259. The van der Waals surface area contributed by atoms with E-state index < -0.39 is 15.9 Å². The maximum absolute atomic E-state index is 13.2. The number of amides is 1. The lowest BCUT2D eigenvalue weighted by molar-refractivity contribution is 0.0997. The van der Waals surface area contributed by atoms with Crippen LogP contribution >= 0.6 is 11.3 Å². The van der Waals surface area contributed by atoms with Gasteiger partial charge in [-0.15, -0.1) is 0 Å². The van der Waals surface area contributed by atoms with E-state index in [-0.39, 0.29) is 11.4 Å². The summed E-state index contributed by atoms with van der Waals surface area (Å²) >= 11 is 1.42. The SMILES string of the molecule is CCCn1c(=NC(=O)c2ccc(S(=O)(=O)N(CC)Cc3ccccc3)cc2)sc2cccc(OC)c21. The molecule has 9 heteroatoms. The Labute approximate surface area is 215 Å². The van der Waals surface area contributed by atoms with Crippen LogP contribution in [-0.4, -0.2) is 36.9 Å². The van der Waals surface area contributed by atoms with Gasteiger partial charge in [0.2, 0.25) is 10.0 Å². The molecule has 0 spiro atoms. The van der Waals surface area contributed by atoms with Gasteiger partial charge in [-0.1, -0.05) is 61.6 Å². The Morgan fingerprint density at radius 1 is 1.00 bits per heavy atom.